The van der Waals surface area contributed by atoms with Crippen LogP contribution in [0.2, 0.25) is 0 Å². The number of nitrogens with two attached hydrogens (primary N) is 2. The third-order valence-corrected chi connectivity index (χ3v) is 2.57. The van der Waals surface area contributed by atoms with Crippen molar-refractivity contribution in [3.8, 4) is 0 Å². The van der Waals surface area contributed by atoms with Crippen molar-refractivity contribution < 1.29 is 14.6 Å². The summed E-state index contributed by atoms with van der Waals surface area (Å²) in [7, 11) is 0. The van der Waals surface area contributed by atoms with Crippen LogP contribution in [0.15, 0.2) is 35.3 Å². The van der Waals surface area contributed by atoms with Gasteiger partial charge in [0.15, 0.2) is 5.96 Å². The Bertz CT molecular complexity index is 494. The maximum Gasteiger partial charge on any atom is 0.335 e. The molecule has 0 radical (unpaired) electrons. The van der Waals surface area contributed by atoms with Gasteiger partial charge in [-0.05, 0) is 12.1 Å². The van der Waals surface area contributed by atoms with E-state index in [4.69, 9.17) is 26.7 Å². The zero-order chi connectivity index (χ0) is 15.7. The van der Waals surface area contributed by atoms with Crippen molar-refractivity contribution in [1.82, 2.24) is 4.90 Å². The molecule has 0 amide bonds. The first-order chi connectivity index (χ1) is 10.0. The lowest BCUT2D eigenvalue weighted by Crippen LogP contribution is -2.41. The highest BCUT2D eigenvalue weighted by atomic mass is 16.5. The quantitative estimate of drug-likeness (QED) is 0.422. The molecule has 1 aliphatic heterocycles. The van der Waals surface area contributed by atoms with Gasteiger partial charge in [-0.25, -0.2) is 4.79 Å². The maximum absolute atomic E-state index is 10.2. The predicted molar refractivity (Wildman–Crippen MR) is 79.3 cm³/mol. The number of guanidine groups is 2. The number of morpholine rings is 1. The van der Waals surface area contributed by atoms with Gasteiger partial charge in [0.2, 0.25) is 5.96 Å². The number of carboxylic acids is 1. The molecule has 6 N–H and O–H groups in total. The molecule has 1 aliphatic rings. The van der Waals surface area contributed by atoms with Gasteiger partial charge >= 0.3 is 5.97 Å². The first kappa shape index (κ1) is 16.4. The van der Waals surface area contributed by atoms with Crippen molar-refractivity contribution in [3.05, 3.63) is 35.9 Å². The number of hydrogen-bond acceptors (Lipinski definition) is 3. The number of hydrogen-bond donors (Lipinski definition) is 4. The van der Waals surface area contributed by atoms with Crippen LogP contribution in [0, 0.1) is 5.41 Å². The first-order valence-corrected chi connectivity index (χ1v) is 6.30. The molecule has 1 fully saturated rings. The molecule has 1 saturated heterocycles. The van der Waals surface area contributed by atoms with Crippen molar-refractivity contribution in [2.24, 2.45) is 16.5 Å². The lowest BCUT2D eigenvalue weighted by Gasteiger charge is -2.26. The van der Waals surface area contributed by atoms with E-state index in [9.17, 15) is 4.79 Å². The summed E-state index contributed by atoms with van der Waals surface area (Å²) in [5.74, 6) is -0.847. The molecule has 0 spiro atoms. The van der Waals surface area contributed by atoms with Crippen LogP contribution in [0.4, 0.5) is 0 Å². The van der Waals surface area contributed by atoms with Gasteiger partial charge < -0.3 is 26.2 Å². The minimum Gasteiger partial charge on any atom is -0.478 e. The van der Waals surface area contributed by atoms with Gasteiger partial charge in [0.05, 0.1) is 18.8 Å². The summed E-state index contributed by atoms with van der Waals surface area (Å²) in [6.07, 6.45) is 0. The minimum absolute atomic E-state index is 0.0773. The zero-order valence-corrected chi connectivity index (χ0v) is 11.5. The summed E-state index contributed by atoms with van der Waals surface area (Å²) < 4.78 is 5.11. The van der Waals surface area contributed by atoms with Crippen molar-refractivity contribution in [1.29, 1.82) is 5.41 Å². The molecule has 1 heterocycles. The molecule has 0 saturated carbocycles. The maximum atomic E-state index is 10.2. The van der Waals surface area contributed by atoms with Gasteiger partial charge in [-0.15, -0.1) is 0 Å². The number of nitrogens with one attached hydrogen (secondary N) is 1. The normalized spacial score (nSPS) is 13.6. The molecule has 0 bridgehead atoms. The number of benzene rings is 1. The van der Waals surface area contributed by atoms with Gasteiger partial charge in [0.25, 0.3) is 0 Å². The van der Waals surface area contributed by atoms with E-state index < -0.39 is 5.97 Å². The van der Waals surface area contributed by atoms with Crippen LogP contribution in [-0.2, 0) is 4.74 Å². The fraction of sp³-hybridized carbons (Fsp3) is 0.308. The number of nitrogens with zero attached hydrogens (tertiary/aromatic N) is 2. The second-order valence-electron chi connectivity index (χ2n) is 4.13. The van der Waals surface area contributed by atoms with Crippen molar-refractivity contribution in [3.63, 3.8) is 0 Å². The standard InChI is InChI=1S/C7H6O2.C6H13N5O/c8-7(9)6-4-2-1-3-5-6;7-5(8)10-6(9)11-1-3-12-4-2-11/h1-5H,(H,8,9);1-4H2,(H5,7,8,9,10). The van der Waals surface area contributed by atoms with E-state index in [0.717, 1.165) is 0 Å². The molecule has 1 aromatic carbocycles. The van der Waals surface area contributed by atoms with Crippen LogP contribution < -0.4 is 11.5 Å². The molecule has 114 valence electrons. The van der Waals surface area contributed by atoms with Crippen molar-refractivity contribution in [2.75, 3.05) is 26.3 Å². The Labute approximate surface area is 122 Å². The number of carbonyl (C=O) groups is 1. The Hall–Kier alpha value is -2.61. The molecule has 0 aromatic heterocycles. The second kappa shape index (κ2) is 8.54. The monoisotopic (exact) mass is 293 g/mol. The van der Waals surface area contributed by atoms with Crippen LogP contribution in [0.5, 0.6) is 0 Å². The molecule has 0 atom stereocenters. The SMILES string of the molecule is N=C(N=C(N)N)N1CCOCC1.O=C(O)c1ccccc1. The lowest BCUT2D eigenvalue weighted by atomic mass is 10.2. The van der Waals surface area contributed by atoms with E-state index in [0.29, 0.717) is 31.9 Å². The summed E-state index contributed by atoms with van der Waals surface area (Å²) in [6, 6.07) is 8.30. The average Bonchev–Trinajstić information content (AvgIpc) is 2.49. The van der Waals surface area contributed by atoms with Crippen LogP contribution >= 0.6 is 0 Å². The molecule has 1 aromatic rings. The van der Waals surface area contributed by atoms with Crippen LogP contribution in [0.1, 0.15) is 10.4 Å². The molecule has 21 heavy (non-hydrogen) atoms. The second-order valence-corrected chi connectivity index (χ2v) is 4.13. The van der Waals surface area contributed by atoms with Gasteiger partial charge in [-0.1, -0.05) is 18.2 Å². The van der Waals surface area contributed by atoms with Crippen LogP contribution in [-0.4, -0.2) is 54.2 Å². The summed E-state index contributed by atoms with van der Waals surface area (Å²) in [5, 5.41) is 15.8. The van der Waals surface area contributed by atoms with Crippen LogP contribution in [0.3, 0.4) is 0 Å². The van der Waals surface area contributed by atoms with E-state index in [1.165, 1.54) is 0 Å². The van der Waals surface area contributed by atoms with Gasteiger partial charge in [0, 0.05) is 13.1 Å². The molecule has 8 heteroatoms. The highest BCUT2D eigenvalue weighted by Gasteiger charge is 2.12. The van der Waals surface area contributed by atoms with Gasteiger partial charge in [0.1, 0.15) is 0 Å². The average molecular weight is 293 g/mol. The van der Waals surface area contributed by atoms with E-state index in [1.54, 1.807) is 35.2 Å². The molecule has 0 unspecified atom stereocenters. The Kier molecular flexibility index (Phi) is 6.69. The van der Waals surface area contributed by atoms with Gasteiger partial charge in [-0.3, -0.25) is 5.41 Å². The third-order valence-electron chi connectivity index (χ3n) is 2.57. The smallest absolute Gasteiger partial charge is 0.335 e. The Balaban J connectivity index is 0.000000219. The molecule has 8 nitrogen and oxygen atoms in total. The Morgan fingerprint density at radius 3 is 2.24 bits per heavy atom. The molecule has 0 aliphatic carbocycles. The minimum atomic E-state index is -0.879. The molecular weight excluding hydrogens is 274 g/mol. The number of carboxylic acid groups (broad SMARTS) is 1. The van der Waals surface area contributed by atoms with Gasteiger partial charge in [-0.2, -0.15) is 4.99 Å². The van der Waals surface area contributed by atoms with Crippen molar-refractivity contribution >= 4 is 17.9 Å². The highest BCUT2D eigenvalue weighted by molar-refractivity contribution is 5.91. The largest absolute Gasteiger partial charge is 0.478 e. The third kappa shape index (κ3) is 6.39. The van der Waals surface area contributed by atoms with E-state index in [2.05, 4.69) is 4.99 Å². The Morgan fingerprint density at radius 2 is 1.81 bits per heavy atom. The molecule has 2 rings (SSSR count). The summed E-state index contributed by atoms with van der Waals surface area (Å²) in [4.78, 5) is 15.6. The molecular formula is C13H19N5O3. The fourth-order valence-electron chi connectivity index (χ4n) is 1.55. The topological polar surface area (TPSA) is 138 Å². The summed E-state index contributed by atoms with van der Waals surface area (Å²) >= 11 is 0. The highest BCUT2D eigenvalue weighted by Crippen LogP contribution is 1.97. The zero-order valence-electron chi connectivity index (χ0n) is 11.5. The summed E-state index contributed by atoms with van der Waals surface area (Å²) in [5.41, 5.74) is 10.6. The number of rotatable bonds is 1. The Morgan fingerprint density at radius 1 is 1.24 bits per heavy atom. The number of aromatic carboxylic acids is 1. The first-order valence-electron chi connectivity index (χ1n) is 6.30. The van der Waals surface area contributed by atoms with Crippen LogP contribution in [0.25, 0.3) is 0 Å². The predicted octanol–water partition coefficient (Wildman–Crippen LogP) is -0.0884. The lowest BCUT2D eigenvalue weighted by molar-refractivity contribution is 0.0672. The van der Waals surface area contributed by atoms with E-state index >= 15 is 0 Å². The number of aliphatic imine (C=N–C) groups is 1. The van der Waals surface area contributed by atoms with Crippen molar-refractivity contribution in [2.45, 2.75) is 0 Å². The van der Waals surface area contributed by atoms with E-state index in [1.807, 2.05) is 0 Å². The fourth-order valence-corrected chi connectivity index (χ4v) is 1.55. The number of ether oxygens (including phenoxy) is 1. The summed E-state index contributed by atoms with van der Waals surface area (Å²) in [6.45, 7) is 2.61. The van der Waals surface area contributed by atoms with E-state index in [-0.39, 0.29) is 11.9 Å².